The first-order valence-electron chi connectivity index (χ1n) is 6.04. The molecular weight excluding hydrogens is 346 g/mol. The molecule has 0 aliphatic rings. The third-order valence-corrected chi connectivity index (χ3v) is 4.49. The van der Waals surface area contributed by atoms with E-state index >= 15 is 0 Å². The second-order valence-electron chi connectivity index (χ2n) is 4.05. The van der Waals surface area contributed by atoms with E-state index in [0.717, 1.165) is 33.9 Å². The molecule has 1 aromatic heterocycles. The SMILES string of the molecule is CCNCc1cc(Cl)ccc1OCc1cc(Br)cs1. The maximum Gasteiger partial charge on any atom is 0.124 e. The number of rotatable bonds is 6. The van der Waals surface area contributed by atoms with Crippen molar-refractivity contribution >= 4 is 38.9 Å². The van der Waals surface area contributed by atoms with Crippen LogP contribution in [0.5, 0.6) is 5.75 Å². The van der Waals surface area contributed by atoms with Crippen LogP contribution < -0.4 is 10.1 Å². The third kappa shape index (κ3) is 4.49. The molecule has 1 heterocycles. The smallest absolute Gasteiger partial charge is 0.124 e. The number of thiophene rings is 1. The highest BCUT2D eigenvalue weighted by Gasteiger charge is 2.06. The normalized spacial score (nSPS) is 10.7. The number of hydrogen-bond acceptors (Lipinski definition) is 3. The Labute approximate surface area is 130 Å². The summed E-state index contributed by atoms with van der Waals surface area (Å²) in [6.45, 7) is 4.34. The lowest BCUT2D eigenvalue weighted by atomic mass is 10.2. The van der Waals surface area contributed by atoms with Gasteiger partial charge in [-0.05, 0) is 46.7 Å². The Bertz CT molecular complexity index is 544. The van der Waals surface area contributed by atoms with Crippen molar-refractivity contribution in [3.8, 4) is 5.75 Å². The average Bonchev–Trinajstić information content (AvgIpc) is 2.81. The monoisotopic (exact) mass is 359 g/mol. The summed E-state index contributed by atoms with van der Waals surface area (Å²) in [5, 5.41) is 6.08. The molecule has 2 aromatic rings. The van der Waals surface area contributed by atoms with Crippen LogP contribution in [0.1, 0.15) is 17.4 Å². The Kier molecular flexibility index (Phi) is 5.70. The van der Waals surface area contributed by atoms with Gasteiger partial charge >= 0.3 is 0 Å². The van der Waals surface area contributed by atoms with E-state index in [1.54, 1.807) is 11.3 Å². The Morgan fingerprint density at radius 3 is 2.89 bits per heavy atom. The predicted molar refractivity (Wildman–Crippen MR) is 85.2 cm³/mol. The average molecular weight is 361 g/mol. The molecule has 102 valence electrons. The van der Waals surface area contributed by atoms with Crippen LogP contribution in [0.15, 0.2) is 34.1 Å². The Morgan fingerprint density at radius 1 is 1.37 bits per heavy atom. The molecule has 0 radical (unpaired) electrons. The fourth-order valence-corrected chi connectivity index (χ4v) is 3.22. The van der Waals surface area contributed by atoms with Gasteiger partial charge in [0, 0.05) is 31.9 Å². The summed E-state index contributed by atoms with van der Waals surface area (Å²) in [5.74, 6) is 0.884. The molecular formula is C14H15BrClNOS. The number of hydrogen-bond donors (Lipinski definition) is 1. The standard InChI is InChI=1S/C14H15BrClNOS/c1-2-17-7-10-5-12(16)3-4-14(10)18-8-13-6-11(15)9-19-13/h3-6,9,17H,2,7-8H2,1H3. The van der Waals surface area contributed by atoms with Crippen LogP contribution in [-0.2, 0) is 13.2 Å². The van der Waals surface area contributed by atoms with Gasteiger partial charge in [0.15, 0.2) is 0 Å². The van der Waals surface area contributed by atoms with Crippen molar-refractivity contribution in [2.24, 2.45) is 0 Å². The van der Waals surface area contributed by atoms with Crippen molar-refractivity contribution in [2.75, 3.05) is 6.54 Å². The predicted octanol–water partition coefficient (Wildman–Crippen LogP) is 4.85. The molecule has 2 nitrogen and oxygen atoms in total. The zero-order valence-electron chi connectivity index (χ0n) is 10.6. The lowest BCUT2D eigenvalue weighted by molar-refractivity contribution is 0.305. The van der Waals surface area contributed by atoms with Gasteiger partial charge in [0.2, 0.25) is 0 Å². The van der Waals surface area contributed by atoms with Crippen molar-refractivity contribution in [2.45, 2.75) is 20.1 Å². The molecule has 0 spiro atoms. The van der Waals surface area contributed by atoms with E-state index in [4.69, 9.17) is 16.3 Å². The van der Waals surface area contributed by atoms with E-state index in [-0.39, 0.29) is 0 Å². The first-order valence-corrected chi connectivity index (χ1v) is 8.09. The Hall–Kier alpha value is -0.550. The van der Waals surface area contributed by atoms with Crippen LogP contribution in [0.2, 0.25) is 5.02 Å². The van der Waals surface area contributed by atoms with E-state index < -0.39 is 0 Å². The molecule has 0 amide bonds. The largest absolute Gasteiger partial charge is 0.488 e. The van der Waals surface area contributed by atoms with Gasteiger partial charge in [-0.1, -0.05) is 18.5 Å². The molecule has 0 fully saturated rings. The fourth-order valence-electron chi connectivity index (χ4n) is 1.67. The number of halogens is 2. The minimum atomic E-state index is 0.580. The topological polar surface area (TPSA) is 21.3 Å². The molecule has 0 atom stereocenters. The Morgan fingerprint density at radius 2 is 2.21 bits per heavy atom. The van der Waals surface area contributed by atoms with Crippen LogP contribution >= 0.6 is 38.9 Å². The van der Waals surface area contributed by atoms with Crippen LogP contribution in [0.4, 0.5) is 0 Å². The van der Waals surface area contributed by atoms with E-state index in [0.29, 0.717) is 6.61 Å². The molecule has 0 bridgehead atoms. The fraction of sp³-hybridized carbons (Fsp3) is 0.286. The highest BCUT2D eigenvalue weighted by Crippen LogP contribution is 2.26. The summed E-state index contributed by atoms with van der Waals surface area (Å²) < 4.78 is 6.98. The van der Waals surface area contributed by atoms with E-state index in [2.05, 4.69) is 39.6 Å². The zero-order chi connectivity index (χ0) is 13.7. The van der Waals surface area contributed by atoms with Gasteiger partial charge in [0.1, 0.15) is 12.4 Å². The maximum atomic E-state index is 6.03. The molecule has 2 rings (SSSR count). The van der Waals surface area contributed by atoms with Crippen LogP contribution in [0, 0.1) is 0 Å². The highest BCUT2D eigenvalue weighted by atomic mass is 79.9. The lowest BCUT2D eigenvalue weighted by Crippen LogP contribution is -2.12. The van der Waals surface area contributed by atoms with Gasteiger partial charge in [-0.2, -0.15) is 0 Å². The van der Waals surface area contributed by atoms with Crippen molar-refractivity contribution in [3.05, 3.63) is 49.6 Å². The van der Waals surface area contributed by atoms with Gasteiger partial charge < -0.3 is 10.1 Å². The number of ether oxygens (including phenoxy) is 1. The summed E-state index contributed by atoms with van der Waals surface area (Å²) in [5.41, 5.74) is 1.09. The van der Waals surface area contributed by atoms with Gasteiger partial charge in [0.05, 0.1) is 0 Å². The second-order valence-corrected chi connectivity index (χ2v) is 6.40. The van der Waals surface area contributed by atoms with Crippen LogP contribution in [0.3, 0.4) is 0 Å². The lowest BCUT2D eigenvalue weighted by Gasteiger charge is -2.11. The first kappa shape index (κ1) is 14.9. The van der Waals surface area contributed by atoms with E-state index in [1.807, 2.05) is 18.2 Å². The summed E-state index contributed by atoms with van der Waals surface area (Å²) in [6, 6.07) is 7.81. The molecule has 1 aromatic carbocycles. The van der Waals surface area contributed by atoms with E-state index in [1.165, 1.54) is 4.88 Å². The molecule has 0 unspecified atom stereocenters. The number of benzene rings is 1. The van der Waals surface area contributed by atoms with Gasteiger partial charge in [-0.25, -0.2) is 0 Å². The zero-order valence-corrected chi connectivity index (χ0v) is 13.7. The Balaban J connectivity index is 2.05. The molecule has 5 heteroatoms. The van der Waals surface area contributed by atoms with Crippen LogP contribution in [-0.4, -0.2) is 6.54 Å². The molecule has 0 aliphatic carbocycles. The second kappa shape index (κ2) is 7.29. The molecule has 19 heavy (non-hydrogen) atoms. The van der Waals surface area contributed by atoms with Crippen LogP contribution in [0.25, 0.3) is 0 Å². The molecule has 0 saturated heterocycles. The third-order valence-electron chi connectivity index (χ3n) is 2.58. The quantitative estimate of drug-likeness (QED) is 0.795. The first-order chi connectivity index (χ1) is 9.19. The summed E-state index contributed by atoms with van der Waals surface area (Å²) in [7, 11) is 0. The molecule has 0 aliphatic heterocycles. The summed E-state index contributed by atoms with van der Waals surface area (Å²) >= 11 is 11.2. The highest BCUT2D eigenvalue weighted by molar-refractivity contribution is 9.10. The number of nitrogens with one attached hydrogen (secondary N) is 1. The van der Waals surface area contributed by atoms with Crippen molar-refractivity contribution in [3.63, 3.8) is 0 Å². The molecule has 1 N–H and O–H groups in total. The van der Waals surface area contributed by atoms with Gasteiger partial charge in [-0.3, -0.25) is 0 Å². The van der Waals surface area contributed by atoms with Gasteiger partial charge in [0.25, 0.3) is 0 Å². The van der Waals surface area contributed by atoms with Crippen molar-refractivity contribution < 1.29 is 4.74 Å². The summed E-state index contributed by atoms with van der Waals surface area (Å²) in [4.78, 5) is 1.19. The van der Waals surface area contributed by atoms with E-state index in [9.17, 15) is 0 Å². The summed E-state index contributed by atoms with van der Waals surface area (Å²) in [6.07, 6.45) is 0. The van der Waals surface area contributed by atoms with Gasteiger partial charge in [-0.15, -0.1) is 11.3 Å². The van der Waals surface area contributed by atoms with Crippen molar-refractivity contribution in [1.29, 1.82) is 0 Å². The minimum Gasteiger partial charge on any atom is -0.488 e. The molecule has 0 saturated carbocycles. The van der Waals surface area contributed by atoms with Crippen molar-refractivity contribution in [1.82, 2.24) is 5.32 Å². The maximum absolute atomic E-state index is 6.03. The minimum absolute atomic E-state index is 0.580.